The van der Waals surface area contributed by atoms with Gasteiger partial charge in [-0.2, -0.15) is 5.10 Å². The van der Waals surface area contributed by atoms with Crippen LogP contribution in [0.2, 0.25) is 0 Å². The Labute approximate surface area is 166 Å². The lowest BCUT2D eigenvalue weighted by Crippen LogP contribution is -2.48. The zero-order chi connectivity index (χ0) is 19.9. The van der Waals surface area contributed by atoms with Crippen LogP contribution in [0.15, 0.2) is 30.6 Å². The number of benzene rings is 1. The van der Waals surface area contributed by atoms with Crippen LogP contribution in [0.4, 0.5) is 0 Å². The molecule has 0 aliphatic carbocycles. The lowest BCUT2D eigenvalue weighted by Gasteiger charge is -2.35. The Kier molecular flexibility index (Phi) is 7.13. The van der Waals surface area contributed by atoms with Crippen molar-refractivity contribution in [2.24, 2.45) is 0 Å². The van der Waals surface area contributed by atoms with Crippen molar-refractivity contribution in [2.75, 3.05) is 54.1 Å². The minimum Gasteiger partial charge on any atom is -0.493 e. The van der Waals surface area contributed by atoms with Gasteiger partial charge in [-0.3, -0.25) is 14.5 Å². The third-order valence-electron chi connectivity index (χ3n) is 5.07. The summed E-state index contributed by atoms with van der Waals surface area (Å²) in [6.07, 6.45) is 3.18. The van der Waals surface area contributed by atoms with Gasteiger partial charge >= 0.3 is 0 Å². The standard InChI is InChI=1S/C20H30N4O4/c1-26-18-6-5-16(19(27-2)20(18)28-3)13-22-9-11-23(12-10-22)14-17(25)15-24-8-4-7-21-24/h4-8,17,25H,9-15H2,1-3H3. The summed E-state index contributed by atoms with van der Waals surface area (Å²) in [5, 5.41) is 14.4. The van der Waals surface area contributed by atoms with E-state index in [0.29, 0.717) is 24.6 Å². The molecule has 1 atom stereocenters. The Bertz CT molecular complexity index is 730. The first-order valence-corrected chi connectivity index (χ1v) is 9.52. The number of hydrogen-bond donors (Lipinski definition) is 1. The number of β-amino-alcohol motifs (C(OH)–C–C–N with tert-alkyl or cyclic N) is 1. The first-order valence-electron chi connectivity index (χ1n) is 9.52. The second kappa shape index (κ2) is 9.77. The van der Waals surface area contributed by atoms with E-state index in [2.05, 4.69) is 14.9 Å². The highest BCUT2D eigenvalue weighted by Gasteiger charge is 2.22. The van der Waals surface area contributed by atoms with Crippen LogP contribution >= 0.6 is 0 Å². The summed E-state index contributed by atoms with van der Waals surface area (Å²) < 4.78 is 18.2. The van der Waals surface area contributed by atoms with Gasteiger partial charge in [0.25, 0.3) is 0 Å². The maximum atomic E-state index is 10.3. The third kappa shape index (κ3) is 4.95. The summed E-state index contributed by atoms with van der Waals surface area (Å²) in [6, 6.07) is 5.81. The fraction of sp³-hybridized carbons (Fsp3) is 0.550. The molecule has 1 aliphatic rings. The second-order valence-corrected chi connectivity index (χ2v) is 6.95. The van der Waals surface area contributed by atoms with Gasteiger partial charge in [0.1, 0.15) is 0 Å². The number of aliphatic hydroxyl groups excluding tert-OH is 1. The van der Waals surface area contributed by atoms with Crippen LogP contribution in [0.25, 0.3) is 0 Å². The number of aromatic nitrogens is 2. The van der Waals surface area contributed by atoms with Crippen molar-refractivity contribution in [1.29, 1.82) is 0 Å². The van der Waals surface area contributed by atoms with Crippen LogP contribution in [0.3, 0.4) is 0 Å². The third-order valence-corrected chi connectivity index (χ3v) is 5.07. The lowest BCUT2D eigenvalue weighted by molar-refractivity contribution is 0.0603. The van der Waals surface area contributed by atoms with Crippen molar-refractivity contribution in [3.63, 3.8) is 0 Å². The van der Waals surface area contributed by atoms with Crippen LogP contribution in [-0.4, -0.2) is 84.8 Å². The van der Waals surface area contributed by atoms with Gasteiger partial charge in [-0.15, -0.1) is 0 Å². The van der Waals surface area contributed by atoms with Gasteiger partial charge in [-0.1, -0.05) is 6.07 Å². The van der Waals surface area contributed by atoms with Crippen LogP contribution in [0.5, 0.6) is 17.2 Å². The maximum Gasteiger partial charge on any atom is 0.203 e. The van der Waals surface area contributed by atoms with Crippen LogP contribution in [0.1, 0.15) is 5.56 Å². The average Bonchev–Trinajstić information content (AvgIpc) is 3.21. The largest absolute Gasteiger partial charge is 0.493 e. The normalized spacial score (nSPS) is 16.7. The minimum atomic E-state index is -0.419. The molecule has 0 bridgehead atoms. The molecule has 1 aromatic heterocycles. The van der Waals surface area contributed by atoms with Gasteiger partial charge < -0.3 is 19.3 Å². The van der Waals surface area contributed by atoms with Gasteiger partial charge in [0.05, 0.1) is 34.0 Å². The molecule has 1 N–H and O–H groups in total. The molecule has 0 amide bonds. The van der Waals surface area contributed by atoms with Crippen molar-refractivity contribution >= 4 is 0 Å². The Hall–Kier alpha value is -2.29. The summed E-state index contributed by atoms with van der Waals surface area (Å²) >= 11 is 0. The summed E-state index contributed by atoms with van der Waals surface area (Å²) in [7, 11) is 4.90. The number of ether oxygens (including phenoxy) is 3. The topological polar surface area (TPSA) is 72.2 Å². The Morgan fingerprint density at radius 2 is 1.68 bits per heavy atom. The van der Waals surface area contributed by atoms with Crippen molar-refractivity contribution in [3.8, 4) is 17.2 Å². The van der Waals surface area contributed by atoms with E-state index in [4.69, 9.17) is 14.2 Å². The number of methoxy groups -OCH3 is 3. The molecule has 2 aromatic rings. The zero-order valence-electron chi connectivity index (χ0n) is 16.9. The molecule has 0 saturated carbocycles. The Morgan fingerprint density at radius 3 is 2.29 bits per heavy atom. The molecule has 0 spiro atoms. The van der Waals surface area contributed by atoms with E-state index in [1.54, 1.807) is 32.2 Å². The van der Waals surface area contributed by atoms with E-state index in [-0.39, 0.29) is 0 Å². The predicted molar refractivity (Wildman–Crippen MR) is 106 cm³/mol. The van der Waals surface area contributed by atoms with E-state index in [1.165, 1.54) is 0 Å². The number of aliphatic hydroxyl groups is 1. The monoisotopic (exact) mass is 390 g/mol. The highest BCUT2D eigenvalue weighted by molar-refractivity contribution is 5.55. The molecule has 1 saturated heterocycles. The predicted octanol–water partition coefficient (Wildman–Crippen LogP) is 1.09. The molecule has 154 valence electrons. The van der Waals surface area contributed by atoms with E-state index in [0.717, 1.165) is 44.0 Å². The molecule has 0 radical (unpaired) electrons. The smallest absolute Gasteiger partial charge is 0.203 e. The lowest BCUT2D eigenvalue weighted by atomic mass is 10.1. The molecule has 8 nitrogen and oxygen atoms in total. The fourth-order valence-electron chi connectivity index (χ4n) is 3.64. The van der Waals surface area contributed by atoms with Gasteiger partial charge in [-0.05, 0) is 12.1 Å². The first kappa shape index (κ1) is 20.4. The first-order chi connectivity index (χ1) is 13.6. The summed E-state index contributed by atoms with van der Waals surface area (Å²) in [6.45, 7) is 5.69. The van der Waals surface area contributed by atoms with Crippen molar-refractivity contribution < 1.29 is 19.3 Å². The van der Waals surface area contributed by atoms with Gasteiger partial charge in [0, 0.05) is 57.2 Å². The molecular weight excluding hydrogens is 360 g/mol. The molecule has 1 aromatic carbocycles. The maximum absolute atomic E-state index is 10.3. The molecule has 28 heavy (non-hydrogen) atoms. The summed E-state index contributed by atoms with van der Waals surface area (Å²) in [5.41, 5.74) is 1.08. The highest BCUT2D eigenvalue weighted by atomic mass is 16.5. The van der Waals surface area contributed by atoms with E-state index >= 15 is 0 Å². The Balaban J connectivity index is 1.53. The van der Waals surface area contributed by atoms with Crippen molar-refractivity contribution in [3.05, 3.63) is 36.2 Å². The molecule has 2 heterocycles. The molecule has 1 unspecified atom stereocenters. The summed E-state index contributed by atoms with van der Waals surface area (Å²) in [5.74, 6) is 2.01. The highest BCUT2D eigenvalue weighted by Crippen LogP contribution is 2.40. The second-order valence-electron chi connectivity index (χ2n) is 6.95. The van der Waals surface area contributed by atoms with Gasteiger partial charge in [0.2, 0.25) is 5.75 Å². The summed E-state index contributed by atoms with van der Waals surface area (Å²) in [4.78, 5) is 4.69. The average molecular weight is 390 g/mol. The van der Waals surface area contributed by atoms with E-state index in [1.807, 2.05) is 24.4 Å². The number of rotatable bonds is 9. The van der Waals surface area contributed by atoms with Crippen LogP contribution < -0.4 is 14.2 Å². The quantitative estimate of drug-likeness (QED) is 0.687. The Morgan fingerprint density at radius 1 is 0.964 bits per heavy atom. The van der Waals surface area contributed by atoms with Gasteiger partial charge in [-0.25, -0.2) is 0 Å². The van der Waals surface area contributed by atoms with Crippen molar-refractivity contribution in [1.82, 2.24) is 19.6 Å². The number of hydrogen-bond acceptors (Lipinski definition) is 7. The molecule has 3 rings (SSSR count). The molecular formula is C20H30N4O4. The molecule has 8 heteroatoms. The number of nitrogens with zero attached hydrogens (tertiary/aromatic N) is 4. The molecule has 1 aliphatic heterocycles. The zero-order valence-corrected chi connectivity index (χ0v) is 16.9. The number of piperazine rings is 1. The van der Waals surface area contributed by atoms with Gasteiger partial charge in [0.15, 0.2) is 11.5 Å². The van der Waals surface area contributed by atoms with Crippen molar-refractivity contribution in [2.45, 2.75) is 19.2 Å². The van der Waals surface area contributed by atoms with E-state index in [9.17, 15) is 5.11 Å². The SMILES string of the molecule is COc1ccc(CN2CCN(CC(O)Cn3cccn3)CC2)c(OC)c1OC. The van der Waals surface area contributed by atoms with E-state index < -0.39 is 6.10 Å². The fourth-order valence-corrected chi connectivity index (χ4v) is 3.64. The van der Waals surface area contributed by atoms with Crippen LogP contribution in [-0.2, 0) is 13.1 Å². The minimum absolute atomic E-state index is 0.419. The molecule has 1 fully saturated rings. The van der Waals surface area contributed by atoms with Crippen LogP contribution in [0, 0.1) is 0 Å².